The molecular weight excluding hydrogens is 278 g/mol. The number of carbonyl (C=O) groups excluding carboxylic acids is 2. The van der Waals surface area contributed by atoms with Crippen LogP contribution in [-0.4, -0.2) is 58.1 Å². The highest BCUT2D eigenvalue weighted by Gasteiger charge is 2.35. The molecule has 8 nitrogen and oxygen atoms in total. The summed E-state index contributed by atoms with van der Waals surface area (Å²) in [6.45, 7) is 1.36. The second-order valence-electron chi connectivity index (χ2n) is 4.78. The molecule has 0 aliphatic rings. The van der Waals surface area contributed by atoms with Gasteiger partial charge in [-0.1, -0.05) is 13.3 Å². The van der Waals surface area contributed by atoms with Crippen LogP contribution in [0.5, 0.6) is 0 Å². The number of unbranched alkanes of at least 4 members (excludes halogenated alkanes) is 1. The summed E-state index contributed by atoms with van der Waals surface area (Å²) in [6.07, 6.45) is 2.08. The van der Waals surface area contributed by atoms with Crippen molar-refractivity contribution in [3.05, 3.63) is 0 Å². The Bertz CT molecular complexity index is 362. The summed E-state index contributed by atoms with van der Waals surface area (Å²) >= 11 is 0. The summed E-state index contributed by atoms with van der Waals surface area (Å²) in [5.41, 5.74) is 11.1. The lowest BCUT2D eigenvalue weighted by molar-refractivity contribution is -0.160. The minimum atomic E-state index is -1.60. The monoisotopic (exact) mass is 303 g/mol. The molecule has 6 N–H and O–H groups in total. The number of carbonyl (C=O) groups is 3. The molecular formula is C13H25N3O5. The largest absolute Gasteiger partial charge is 0.480 e. The van der Waals surface area contributed by atoms with Crippen molar-refractivity contribution >= 4 is 17.8 Å². The molecule has 122 valence electrons. The standard InChI is InChI=1S/C13H25N3O5/c1-2-5-11(18)16(10(8-17)13(20)21)12(19)9(15)6-3-4-7-14/h9-10,17H,2-8,14-15H2,1H3,(H,20,21). The van der Waals surface area contributed by atoms with Crippen LogP contribution in [0.2, 0.25) is 0 Å². The van der Waals surface area contributed by atoms with Crippen LogP contribution in [0.3, 0.4) is 0 Å². The number of imide groups is 1. The van der Waals surface area contributed by atoms with Crippen molar-refractivity contribution < 1.29 is 24.6 Å². The predicted octanol–water partition coefficient (Wildman–Crippen LogP) is -0.956. The lowest BCUT2D eigenvalue weighted by Gasteiger charge is -2.28. The van der Waals surface area contributed by atoms with E-state index in [2.05, 4.69) is 0 Å². The average molecular weight is 303 g/mol. The summed E-state index contributed by atoms with van der Waals surface area (Å²) in [7, 11) is 0. The van der Waals surface area contributed by atoms with Gasteiger partial charge in [0, 0.05) is 6.42 Å². The van der Waals surface area contributed by atoms with E-state index in [1.807, 2.05) is 0 Å². The molecule has 0 spiro atoms. The molecule has 0 heterocycles. The molecule has 0 rings (SSSR count). The third-order valence-electron chi connectivity index (χ3n) is 3.03. The SMILES string of the molecule is CCCC(=O)N(C(=O)C(N)CCCCN)C(CO)C(=O)O. The van der Waals surface area contributed by atoms with Gasteiger partial charge in [-0.25, -0.2) is 4.79 Å². The average Bonchev–Trinajstić information content (AvgIpc) is 2.43. The van der Waals surface area contributed by atoms with E-state index >= 15 is 0 Å². The van der Waals surface area contributed by atoms with E-state index in [1.54, 1.807) is 6.92 Å². The Morgan fingerprint density at radius 2 is 1.86 bits per heavy atom. The van der Waals surface area contributed by atoms with Crippen LogP contribution >= 0.6 is 0 Å². The Hall–Kier alpha value is -1.51. The zero-order chi connectivity index (χ0) is 16.4. The van der Waals surface area contributed by atoms with Gasteiger partial charge in [0.15, 0.2) is 6.04 Å². The number of rotatable bonds is 10. The molecule has 0 radical (unpaired) electrons. The fourth-order valence-electron chi connectivity index (χ4n) is 1.87. The first-order chi connectivity index (χ1) is 9.90. The van der Waals surface area contributed by atoms with Crippen LogP contribution in [-0.2, 0) is 14.4 Å². The van der Waals surface area contributed by atoms with Crippen LogP contribution in [0.4, 0.5) is 0 Å². The van der Waals surface area contributed by atoms with E-state index in [4.69, 9.17) is 21.7 Å². The molecule has 0 saturated carbocycles. The number of nitrogens with zero attached hydrogens (tertiary/aromatic N) is 1. The first-order valence-corrected chi connectivity index (χ1v) is 7.05. The number of aliphatic hydroxyl groups is 1. The molecule has 0 saturated heterocycles. The van der Waals surface area contributed by atoms with Crippen molar-refractivity contribution in [2.24, 2.45) is 11.5 Å². The molecule has 0 aliphatic carbocycles. The smallest absolute Gasteiger partial charge is 0.329 e. The number of carboxylic acids is 1. The van der Waals surface area contributed by atoms with Crippen molar-refractivity contribution in [2.75, 3.05) is 13.2 Å². The molecule has 0 aromatic heterocycles. The molecule has 2 atom stereocenters. The minimum absolute atomic E-state index is 0.0189. The van der Waals surface area contributed by atoms with Crippen LogP contribution < -0.4 is 11.5 Å². The van der Waals surface area contributed by atoms with Gasteiger partial charge in [0.05, 0.1) is 12.6 Å². The van der Waals surface area contributed by atoms with Gasteiger partial charge < -0.3 is 21.7 Å². The summed E-state index contributed by atoms with van der Waals surface area (Å²) < 4.78 is 0. The van der Waals surface area contributed by atoms with Crippen molar-refractivity contribution in [1.82, 2.24) is 4.90 Å². The van der Waals surface area contributed by atoms with Crippen LogP contribution in [0.25, 0.3) is 0 Å². The molecule has 2 amide bonds. The van der Waals surface area contributed by atoms with Gasteiger partial charge in [0.1, 0.15) is 0 Å². The maximum Gasteiger partial charge on any atom is 0.329 e. The highest BCUT2D eigenvalue weighted by atomic mass is 16.4. The number of aliphatic carboxylic acids is 1. The van der Waals surface area contributed by atoms with Gasteiger partial charge in [-0.2, -0.15) is 0 Å². The van der Waals surface area contributed by atoms with E-state index in [-0.39, 0.29) is 6.42 Å². The summed E-state index contributed by atoms with van der Waals surface area (Å²) in [6, 6.07) is -2.58. The fourth-order valence-corrected chi connectivity index (χ4v) is 1.87. The molecule has 21 heavy (non-hydrogen) atoms. The lowest BCUT2D eigenvalue weighted by Crippen LogP contribution is -2.55. The van der Waals surface area contributed by atoms with Crippen molar-refractivity contribution in [1.29, 1.82) is 0 Å². The third-order valence-corrected chi connectivity index (χ3v) is 3.03. The zero-order valence-corrected chi connectivity index (χ0v) is 12.3. The van der Waals surface area contributed by atoms with Crippen molar-refractivity contribution in [3.8, 4) is 0 Å². The number of aliphatic hydroxyl groups excluding tert-OH is 1. The molecule has 0 bridgehead atoms. The maximum absolute atomic E-state index is 12.2. The summed E-state index contributed by atoms with van der Waals surface area (Å²) in [4.78, 5) is 35.9. The molecule has 0 fully saturated rings. The predicted molar refractivity (Wildman–Crippen MR) is 76.2 cm³/mol. The topological polar surface area (TPSA) is 147 Å². The Morgan fingerprint density at radius 1 is 1.24 bits per heavy atom. The van der Waals surface area contributed by atoms with Gasteiger partial charge in [-0.3, -0.25) is 14.5 Å². The van der Waals surface area contributed by atoms with E-state index in [9.17, 15) is 14.4 Å². The highest BCUT2D eigenvalue weighted by Crippen LogP contribution is 2.10. The van der Waals surface area contributed by atoms with E-state index in [1.165, 1.54) is 0 Å². The molecule has 2 unspecified atom stereocenters. The Labute approximate surface area is 124 Å². The van der Waals surface area contributed by atoms with Gasteiger partial charge in [0.25, 0.3) is 0 Å². The molecule has 0 aromatic rings. The second-order valence-corrected chi connectivity index (χ2v) is 4.78. The summed E-state index contributed by atoms with van der Waals surface area (Å²) in [5, 5.41) is 18.2. The number of amides is 2. The summed E-state index contributed by atoms with van der Waals surface area (Å²) in [5.74, 6) is -2.85. The highest BCUT2D eigenvalue weighted by molar-refractivity contribution is 6.01. The molecule has 0 aromatic carbocycles. The fraction of sp³-hybridized carbons (Fsp3) is 0.769. The number of hydrogen-bond donors (Lipinski definition) is 4. The van der Waals surface area contributed by atoms with Crippen LogP contribution in [0, 0.1) is 0 Å². The first kappa shape index (κ1) is 19.5. The first-order valence-electron chi connectivity index (χ1n) is 7.05. The minimum Gasteiger partial charge on any atom is -0.480 e. The Morgan fingerprint density at radius 3 is 2.29 bits per heavy atom. The van der Waals surface area contributed by atoms with Crippen LogP contribution in [0.15, 0.2) is 0 Å². The van der Waals surface area contributed by atoms with Crippen molar-refractivity contribution in [2.45, 2.75) is 51.1 Å². The van der Waals surface area contributed by atoms with Crippen LogP contribution in [0.1, 0.15) is 39.0 Å². The van der Waals surface area contributed by atoms with Gasteiger partial charge in [-0.05, 0) is 25.8 Å². The Balaban J connectivity index is 5.05. The van der Waals surface area contributed by atoms with Crippen molar-refractivity contribution in [3.63, 3.8) is 0 Å². The molecule has 8 heteroatoms. The Kier molecular flexibility index (Phi) is 9.51. The van der Waals surface area contributed by atoms with Gasteiger partial charge in [0.2, 0.25) is 11.8 Å². The third kappa shape index (κ3) is 6.19. The zero-order valence-electron chi connectivity index (χ0n) is 12.3. The lowest BCUT2D eigenvalue weighted by atomic mass is 10.1. The van der Waals surface area contributed by atoms with E-state index < -0.39 is 36.5 Å². The quantitative estimate of drug-likeness (QED) is 0.380. The normalized spacial score (nSPS) is 13.5. The second kappa shape index (κ2) is 10.3. The van der Waals surface area contributed by atoms with E-state index in [0.29, 0.717) is 37.1 Å². The van der Waals surface area contributed by atoms with Gasteiger partial charge in [-0.15, -0.1) is 0 Å². The van der Waals surface area contributed by atoms with Gasteiger partial charge >= 0.3 is 5.97 Å². The number of carboxylic acid groups (broad SMARTS) is 1. The number of nitrogens with two attached hydrogens (primary N) is 2. The maximum atomic E-state index is 12.2. The van der Waals surface area contributed by atoms with E-state index in [0.717, 1.165) is 0 Å². The number of hydrogen-bond acceptors (Lipinski definition) is 6. The molecule has 0 aliphatic heterocycles.